The van der Waals surface area contributed by atoms with Gasteiger partial charge in [0.15, 0.2) is 0 Å². The lowest BCUT2D eigenvalue weighted by Crippen LogP contribution is -2.35. The fraction of sp³-hybridized carbons (Fsp3) is 0.222. The predicted molar refractivity (Wildman–Crippen MR) is 95.2 cm³/mol. The van der Waals surface area contributed by atoms with E-state index in [0.717, 1.165) is 15.6 Å². The summed E-state index contributed by atoms with van der Waals surface area (Å²) in [5.74, 6) is -0.113. The zero-order chi connectivity index (χ0) is 16.7. The van der Waals surface area contributed by atoms with Gasteiger partial charge in [0, 0.05) is 23.6 Å². The van der Waals surface area contributed by atoms with Gasteiger partial charge < -0.3 is 9.74 Å². The van der Waals surface area contributed by atoms with Gasteiger partial charge >= 0.3 is 0 Å². The highest BCUT2D eigenvalue weighted by Gasteiger charge is 2.18. The molecule has 4 nitrogen and oxygen atoms in total. The Morgan fingerprint density at radius 2 is 1.87 bits per heavy atom. The van der Waals surface area contributed by atoms with Gasteiger partial charge in [-0.3, -0.25) is 4.79 Å². The van der Waals surface area contributed by atoms with E-state index >= 15 is 0 Å². The number of carbonyl (C=O) groups excluding carboxylic acids is 1. The molecule has 120 valence electrons. The average Bonchev–Trinajstić information content (AvgIpc) is 2.56. The molecule has 2 aromatic rings. The number of rotatable bonds is 6. The van der Waals surface area contributed by atoms with Gasteiger partial charge in [-0.1, -0.05) is 69.6 Å². The number of hydrogen-bond donors (Lipinski definition) is 0. The highest BCUT2D eigenvalue weighted by atomic mass is 79.9. The van der Waals surface area contributed by atoms with Crippen molar-refractivity contribution < 1.29 is 9.63 Å². The Bertz CT molecular complexity index is 674. The lowest BCUT2D eigenvalue weighted by molar-refractivity contribution is -0.141. The molecule has 0 unspecified atom stereocenters. The molecule has 0 fully saturated rings. The first-order valence-corrected chi connectivity index (χ1v) is 8.10. The van der Waals surface area contributed by atoms with E-state index < -0.39 is 6.10 Å². The second-order valence-corrected chi connectivity index (χ2v) is 6.04. The summed E-state index contributed by atoms with van der Waals surface area (Å²) >= 11 is 3.43. The van der Waals surface area contributed by atoms with Gasteiger partial charge in [-0.15, -0.1) is 0 Å². The fourth-order valence-corrected chi connectivity index (χ4v) is 2.44. The summed E-state index contributed by atoms with van der Waals surface area (Å²) < 4.78 is 0.924. The van der Waals surface area contributed by atoms with Crippen molar-refractivity contribution >= 4 is 28.1 Å². The van der Waals surface area contributed by atoms with Crippen LogP contribution in [0.5, 0.6) is 0 Å². The second kappa shape index (κ2) is 8.48. The molecule has 1 atom stereocenters. The van der Waals surface area contributed by atoms with Crippen LogP contribution in [0.15, 0.2) is 64.2 Å². The zero-order valence-corrected chi connectivity index (χ0v) is 14.7. The number of halogens is 1. The molecule has 0 N–H and O–H groups in total. The predicted octanol–water partition coefficient (Wildman–Crippen LogP) is 3.85. The van der Waals surface area contributed by atoms with E-state index in [4.69, 9.17) is 4.84 Å². The Morgan fingerprint density at radius 1 is 1.22 bits per heavy atom. The molecular weight excluding hydrogens is 356 g/mol. The number of carbonyl (C=O) groups is 1. The van der Waals surface area contributed by atoms with E-state index in [9.17, 15) is 4.79 Å². The van der Waals surface area contributed by atoms with E-state index in [0.29, 0.717) is 6.54 Å². The monoisotopic (exact) mass is 374 g/mol. The van der Waals surface area contributed by atoms with Crippen molar-refractivity contribution in [3.05, 3.63) is 70.2 Å². The molecule has 0 spiro atoms. The van der Waals surface area contributed by atoms with Gasteiger partial charge in [0.05, 0.1) is 6.21 Å². The third-order valence-corrected chi connectivity index (χ3v) is 4.02. The van der Waals surface area contributed by atoms with Crippen molar-refractivity contribution in [1.82, 2.24) is 4.90 Å². The van der Waals surface area contributed by atoms with Gasteiger partial charge in [-0.05, 0) is 18.6 Å². The molecule has 2 rings (SSSR count). The van der Waals surface area contributed by atoms with Gasteiger partial charge in [-0.2, -0.15) is 0 Å². The summed E-state index contributed by atoms with van der Waals surface area (Å²) in [6.45, 7) is 2.24. The lowest BCUT2D eigenvalue weighted by Gasteiger charge is -2.20. The molecule has 0 aliphatic rings. The summed E-state index contributed by atoms with van der Waals surface area (Å²) in [4.78, 5) is 19.2. The Balaban J connectivity index is 1.88. The Labute approximate surface area is 144 Å². The van der Waals surface area contributed by atoms with E-state index in [2.05, 4.69) is 21.1 Å². The van der Waals surface area contributed by atoms with Crippen molar-refractivity contribution in [3.63, 3.8) is 0 Å². The van der Waals surface area contributed by atoms with Crippen LogP contribution in [-0.2, 0) is 16.2 Å². The van der Waals surface area contributed by atoms with Crippen LogP contribution in [0.3, 0.4) is 0 Å². The van der Waals surface area contributed by atoms with Crippen LogP contribution in [0.25, 0.3) is 0 Å². The number of hydrogen-bond acceptors (Lipinski definition) is 3. The number of amides is 1. The fourth-order valence-electron chi connectivity index (χ4n) is 2.05. The minimum absolute atomic E-state index is 0.113. The van der Waals surface area contributed by atoms with Crippen LogP contribution in [0.4, 0.5) is 0 Å². The third-order valence-electron chi connectivity index (χ3n) is 3.30. The largest absolute Gasteiger partial charge is 0.383 e. The maximum Gasteiger partial charge on any atom is 0.266 e. The minimum atomic E-state index is -0.637. The minimum Gasteiger partial charge on any atom is -0.383 e. The SMILES string of the molecule is C[C@H](O/N=C\c1ccccc1Br)C(=O)N(C)Cc1ccccc1. The van der Waals surface area contributed by atoms with E-state index in [1.54, 1.807) is 25.1 Å². The number of likely N-dealkylation sites (N-methyl/N-ethyl adjacent to an activating group) is 1. The normalized spacial score (nSPS) is 12.1. The molecule has 0 heterocycles. The molecule has 0 saturated heterocycles. The van der Waals surface area contributed by atoms with Crippen molar-refractivity contribution in [2.75, 3.05) is 7.05 Å². The summed E-state index contributed by atoms with van der Waals surface area (Å²) in [5.41, 5.74) is 1.97. The number of nitrogens with zero attached hydrogens (tertiary/aromatic N) is 2. The standard InChI is InChI=1S/C18H19BrN2O2/c1-14(23-20-12-16-10-6-7-11-17(16)19)18(22)21(2)13-15-8-4-3-5-9-15/h3-12,14H,13H2,1-2H3/b20-12-/t14-/m0/s1. The summed E-state index contributed by atoms with van der Waals surface area (Å²) in [6, 6.07) is 17.5. The van der Waals surface area contributed by atoms with Crippen molar-refractivity contribution in [2.45, 2.75) is 19.6 Å². The first-order valence-electron chi connectivity index (χ1n) is 7.30. The third kappa shape index (κ3) is 5.21. The molecule has 2 aromatic carbocycles. The van der Waals surface area contributed by atoms with Crippen LogP contribution in [0.1, 0.15) is 18.1 Å². The van der Waals surface area contributed by atoms with Crippen molar-refractivity contribution in [3.8, 4) is 0 Å². The quantitative estimate of drug-likeness (QED) is 0.569. The zero-order valence-electron chi connectivity index (χ0n) is 13.1. The molecule has 23 heavy (non-hydrogen) atoms. The molecule has 0 saturated carbocycles. The van der Waals surface area contributed by atoms with Crippen molar-refractivity contribution in [2.24, 2.45) is 5.16 Å². The molecule has 0 aliphatic carbocycles. The summed E-state index contributed by atoms with van der Waals surface area (Å²) in [6.07, 6.45) is 0.952. The Kier molecular flexibility index (Phi) is 6.35. The van der Waals surface area contributed by atoms with Crippen LogP contribution in [-0.4, -0.2) is 30.2 Å². The molecular formula is C18H19BrN2O2. The first kappa shape index (κ1) is 17.2. The van der Waals surface area contributed by atoms with Crippen LogP contribution in [0.2, 0.25) is 0 Å². The Morgan fingerprint density at radius 3 is 2.57 bits per heavy atom. The van der Waals surface area contributed by atoms with Gasteiger partial charge in [0.25, 0.3) is 5.91 Å². The van der Waals surface area contributed by atoms with E-state index in [-0.39, 0.29) is 5.91 Å². The molecule has 0 aliphatic heterocycles. The molecule has 1 amide bonds. The van der Waals surface area contributed by atoms with Gasteiger partial charge in [0.1, 0.15) is 0 Å². The molecule has 0 bridgehead atoms. The topological polar surface area (TPSA) is 41.9 Å². The maximum absolute atomic E-state index is 12.3. The van der Waals surface area contributed by atoms with E-state index in [1.165, 1.54) is 0 Å². The van der Waals surface area contributed by atoms with Gasteiger partial charge in [-0.25, -0.2) is 0 Å². The second-order valence-electron chi connectivity index (χ2n) is 5.18. The first-order chi connectivity index (χ1) is 11.1. The summed E-state index contributed by atoms with van der Waals surface area (Å²) in [7, 11) is 1.76. The average molecular weight is 375 g/mol. The highest BCUT2D eigenvalue weighted by Crippen LogP contribution is 2.13. The highest BCUT2D eigenvalue weighted by molar-refractivity contribution is 9.10. The number of benzene rings is 2. The van der Waals surface area contributed by atoms with E-state index in [1.807, 2.05) is 54.6 Å². The maximum atomic E-state index is 12.3. The van der Waals surface area contributed by atoms with Crippen LogP contribution >= 0.6 is 15.9 Å². The molecule has 0 aromatic heterocycles. The van der Waals surface area contributed by atoms with Crippen LogP contribution in [0, 0.1) is 0 Å². The summed E-state index contributed by atoms with van der Waals surface area (Å²) in [5, 5.41) is 3.91. The molecule has 0 radical (unpaired) electrons. The van der Waals surface area contributed by atoms with Crippen LogP contribution < -0.4 is 0 Å². The van der Waals surface area contributed by atoms with Gasteiger partial charge in [0.2, 0.25) is 6.10 Å². The van der Waals surface area contributed by atoms with Crippen molar-refractivity contribution in [1.29, 1.82) is 0 Å². The number of oxime groups is 1. The Hall–Kier alpha value is -2.14. The lowest BCUT2D eigenvalue weighted by atomic mass is 10.2. The smallest absolute Gasteiger partial charge is 0.266 e. The molecule has 5 heteroatoms.